The average Bonchev–Trinajstić information content (AvgIpc) is 2.40. The van der Waals surface area contributed by atoms with Gasteiger partial charge in [-0.05, 0) is 6.42 Å². The van der Waals surface area contributed by atoms with Crippen LogP contribution in [-0.2, 0) is 9.30 Å². The van der Waals surface area contributed by atoms with E-state index in [0.717, 1.165) is 0 Å². The van der Waals surface area contributed by atoms with Crippen molar-refractivity contribution in [1.82, 2.24) is 0 Å². The van der Waals surface area contributed by atoms with Gasteiger partial charge in [0.1, 0.15) is 6.10 Å². The molecule has 0 aromatic heterocycles. The Bertz CT molecular complexity index is 167. The van der Waals surface area contributed by atoms with Crippen molar-refractivity contribution in [3.63, 3.8) is 0 Å². The molecular weight excluding hydrogens is 162 g/mol. The zero-order valence-electron chi connectivity index (χ0n) is 5.11. The highest BCUT2D eigenvalue weighted by Crippen LogP contribution is 2.38. The van der Waals surface area contributed by atoms with Crippen LogP contribution < -0.4 is 0 Å². The molecule has 0 aromatic rings. The highest BCUT2D eigenvalue weighted by Gasteiger charge is 2.39. The Hall–Kier alpha value is 0.0400. The summed E-state index contributed by atoms with van der Waals surface area (Å²) in [5.41, 5.74) is 0. The maximum absolute atomic E-state index is 11.9. The minimum absolute atomic E-state index is 0.103. The molecule has 60 valence electrons. The van der Waals surface area contributed by atoms with Gasteiger partial charge in [0.15, 0.2) is 0 Å². The third-order valence-electron chi connectivity index (χ3n) is 1.23. The van der Waals surface area contributed by atoms with Crippen molar-refractivity contribution in [2.45, 2.75) is 18.9 Å². The highest BCUT2D eigenvalue weighted by molar-refractivity contribution is 7.51. The molecule has 0 amide bonds. The molecule has 0 radical (unpaired) electrons. The normalized spacial score (nSPS) is 32.3. The molecule has 1 aliphatic rings. The summed E-state index contributed by atoms with van der Waals surface area (Å²) >= 11 is 0. The molecule has 0 bridgehead atoms. The van der Waals surface area contributed by atoms with E-state index in [0.29, 0.717) is 0 Å². The minimum atomic E-state index is -3.95. The second-order valence-corrected chi connectivity index (χ2v) is 3.98. The first kappa shape index (κ1) is 8.14. The van der Waals surface area contributed by atoms with Gasteiger partial charge in [0.2, 0.25) is 6.36 Å². The highest BCUT2D eigenvalue weighted by atomic mass is 31.2. The summed E-state index contributed by atoms with van der Waals surface area (Å²) in [5.74, 6) is 0. The second kappa shape index (κ2) is 2.58. The van der Waals surface area contributed by atoms with Gasteiger partial charge in [0, 0.05) is 0 Å². The SMILES string of the molecule is O=P(O)(O)CCC1OC1F. The molecule has 2 atom stereocenters. The van der Waals surface area contributed by atoms with Gasteiger partial charge in [0.05, 0.1) is 6.16 Å². The molecule has 1 saturated heterocycles. The number of halogens is 1. The van der Waals surface area contributed by atoms with E-state index >= 15 is 0 Å². The quantitative estimate of drug-likeness (QED) is 0.470. The smallest absolute Gasteiger partial charge is 0.325 e. The Morgan fingerprint density at radius 1 is 1.60 bits per heavy atom. The van der Waals surface area contributed by atoms with Crippen LogP contribution in [0.15, 0.2) is 0 Å². The average molecular weight is 170 g/mol. The minimum Gasteiger partial charge on any atom is -0.337 e. The first-order valence-electron chi connectivity index (χ1n) is 2.83. The Morgan fingerprint density at radius 3 is 2.40 bits per heavy atom. The standard InChI is InChI=1S/C4H8FO4P/c5-4-3(9-4)1-2-10(6,7)8/h3-4H,1-2H2,(H2,6,7,8). The van der Waals surface area contributed by atoms with Crippen molar-refractivity contribution in [3.8, 4) is 0 Å². The molecule has 2 N–H and O–H groups in total. The molecule has 1 rings (SSSR count). The van der Waals surface area contributed by atoms with E-state index < -0.39 is 20.1 Å². The van der Waals surface area contributed by atoms with E-state index in [4.69, 9.17) is 9.79 Å². The summed E-state index contributed by atoms with van der Waals surface area (Å²) < 4.78 is 26.4. The summed E-state index contributed by atoms with van der Waals surface area (Å²) in [5, 5.41) is 0. The fourth-order valence-corrected chi connectivity index (χ4v) is 1.21. The number of rotatable bonds is 3. The first-order chi connectivity index (χ1) is 4.49. The van der Waals surface area contributed by atoms with Gasteiger partial charge in [-0.2, -0.15) is 0 Å². The maximum atomic E-state index is 11.9. The Morgan fingerprint density at radius 2 is 2.10 bits per heavy atom. The number of hydrogen-bond acceptors (Lipinski definition) is 2. The van der Waals surface area contributed by atoms with E-state index in [1.807, 2.05) is 0 Å². The van der Waals surface area contributed by atoms with Crippen LogP contribution >= 0.6 is 7.60 Å². The topological polar surface area (TPSA) is 70.1 Å². The monoisotopic (exact) mass is 170 g/mol. The van der Waals surface area contributed by atoms with E-state index in [1.165, 1.54) is 0 Å². The first-order valence-corrected chi connectivity index (χ1v) is 4.63. The van der Waals surface area contributed by atoms with Crippen LogP contribution in [-0.4, -0.2) is 28.4 Å². The van der Waals surface area contributed by atoms with Crippen LogP contribution in [0.5, 0.6) is 0 Å². The summed E-state index contributed by atoms with van der Waals surface area (Å²) in [6.45, 7) is 0. The van der Waals surface area contributed by atoms with E-state index in [9.17, 15) is 8.96 Å². The van der Waals surface area contributed by atoms with Crippen molar-refractivity contribution in [3.05, 3.63) is 0 Å². The van der Waals surface area contributed by atoms with Crippen LogP contribution in [0.1, 0.15) is 6.42 Å². The van der Waals surface area contributed by atoms with Crippen molar-refractivity contribution in [2.75, 3.05) is 6.16 Å². The van der Waals surface area contributed by atoms with Crippen LogP contribution in [0.2, 0.25) is 0 Å². The molecule has 0 aliphatic carbocycles. The van der Waals surface area contributed by atoms with Gasteiger partial charge in [-0.25, -0.2) is 4.39 Å². The second-order valence-electron chi connectivity index (χ2n) is 2.20. The summed E-state index contributed by atoms with van der Waals surface area (Å²) in [6, 6.07) is 0. The Kier molecular flexibility index (Phi) is 2.10. The van der Waals surface area contributed by atoms with Crippen LogP contribution in [0, 0.1) is 0 Å². The fraction of sp³-hybridized carbons (Fsp3) is 1.00. The number of ether oxygens (including phenoxy) is 1. The number of hydrogen-bond donors (Lipinski definition) is 2. The molecule has 0 saturated carbocycles. The van der Waals surface area contributed by atoms with E-state index in [-0.39, 0.29) is 12.6 Å². The third kappa shape index (κ3) is 2.75. The molecule has 1 aliphatic heterocycles. The van der Waals surface area contributed by atoms with E-state index in [2.05, 4.69) is 4.74 Å². The summed E-state index contributed by atoms with van der Waals surface area (Å²) in [6.07, 6.45) is -2.07. The lowest BCUT2D eigenvalue weighted by atomic mass is 10.4. The molecule has 4 nitrogen and oxygen atoms in total. The van der Waals surface area contributed by atoms with Gasteiger partial charge in [-0.3, -0.25) is 4.57 Å². The zero-order valence-corrected chi connectivity index (χ0v) is 6.00. The van der Waals surface area contributed by atoms with Crippen LogP contribution in [0.25, 0.3) is 0 Å². The van der Waals surface area contributed by atoms with Crippen LogP contribution in [0.4, 0.5) is 4.39 Å². The lowest BCUT2D eigenvalue weighted by Crippen LogP contribution is -1.94. The molecule has 10 heavy (non-hydrogen) atoms. The van der Waals surface area contributed by atoms with Gasteiger partial charge in [0.25, 0.3) is 0 Å². The predicted octanol–water partition coefficient (Wildman–Crippen LogP) is 0.249. The van der Waals surface area contributed by atoms with Crippen molar-refractivity contribution in [2.24, 2.45) is 0 Å². The molecule has 2 unspecified atom stereocenters. The van der Waals surface area contributed by atoms with Gasteiger partial charge in [-0.1, -0.05) is 0 Å². The molecule has 6 heteroatoms. The van der Waals surface area contributed by atoms with Gasteiger partial charge in [-0.15, -0.1) is 0 Å². The lowest BCUT2D eigenvalue weighted by molar-refractivity contribution is 0.263. The third-order valence-corrected chi connectivity index (χ3v) is 2.07. The Labute approximate surface area is 57.2 Å². The Balaban J connectivity index is 2.12. The molecule has 0 spiro atoms. The van der Waals surface area contributed by atoms with Crippen LogP contribution in [0.3, 0.4) is 0 Å². The zero-order chi connectivity index (χ0) is 7.78. The van der Waals surface area contributed by atoms with Crippen molar-refractivity contribution >= 4 is 7.60 Å². The number of alkyl halides is 1. The van der Waals surface area contributed by atoms with Crippen molar-refractivity contribution in [1.29, 1.82) is 0 Å². The number of epoxide rings is 1. The van der Waals surface area contributed by atoms with Gasteiger partial charge >= 0.3 is 7.60 Å². The molecule has 0 aromatic carbocycles. The summed E-state index contributed by atoms with van der Waals surface area (Å²) in [4.78, 5) is 16.6. The summed E-state index contributed by atoms with van der Waals surface area (Å²) in [7, 11) is -3.95. The lowest BCUT2D eigenvalue weighted by Gasteiger charge is -1.98. The maximum Gasteiger partial charge on any atom is 0.325 e. The van der Waals surface area contributed by atoms with Gasteiger partial charge < -0.3 is 14.5 Å². The molecule has 1 heterocycles. The fourth-order valence-electron chi connectivity index (χ4n) is 0.616. The van der Waals surface area contributed by atoms with E-state index in [1.54, 1.807) is 0 Å². The molecule has 1 fully saturated rings. The predicted molar refractivity (Wildman–Crippen MR) is 31.3 cm³/mol. The molecular formula is C4H8FO4P. The largest absolute Gasteiger partial charge is 0.337 e. The van der Waals surface area contributed by atoms with Crippen molar-refractivity contribution < 1.29 is 23.5 Å².